The fourth-order valence-electron chi connectivity index (χ4n) is 3.19. The average molecular weight is 456 g/mol. The van der Waals surface area contributed by atoms with Crippen molar-refractivity contribution in [3.63, 3.8) is 0 Å². The Hall–Kier alpha value is -1.40. The van der Waals surface area contributed by atoms with Crippen molar-refractivity contribution in [3.05, 3.63) is 12.2 Å². The van der Waals surface area contributed by atoms with E-state index < -0.39 is 17.8 Å². The van der Waals surface area contributed by atoms with Gasteiger partial charge in [0.15, 0.2) is 11.8 Å². The van der Waals surface area contributed by atoms with Crippen molar-refractivity contribution in [2.45, 2.75) is 136 Å². The Balaban J connectivity index is 3.74. The van der Waals surface area contributed by atoms with E-state index in [1.807, 2.05) is 6.92 Å². The molecule has 0 saturated heterocycles. The van der Waals surface area contributed by atoms with E-state index in [9.17, 15) is 14.7 Å². The van der Waals surface area contributed by atoms with Gasteiger partial charge in [-0.1, -0.05) is 70.9 Å². The second-order valence-electron chi connectivity index (χ2n) is 9.10. The number of unbranched alkanes of at least 4 members (excludes halogenated alkanes) is 8. The normalized spacial score (nSPS) is 13.8. The smallest absolute Gasteiger partial charge is 0.339 e. The van der Waals surface area contributed by atoms with Crippen LogP contribution in [0.2, 0.25) is 0 Å². The molecule has 0 saturated carbocycles. The molecule has 0 spiro atoms. The molecular weight excluding hydrogens is 406 g/mol. The number of carbonyl (C=O) groups excluding carboxylic acids is 2. The van der Waals surface area contributed by atoms with E-state index in [-0.39, 0.29) is 12.0 Å². The number of esters is 1. The van der Waals surface area contributed by atoms with E-state index in [1.165, 1.54) is 26.4 Å². The van der Waals surface area contributed by atoms with E-state index in [2.05, 4.69) is 24.4 Å². The first-order valence-corrected chi connectivity index (χ1v) is 12.6. The van der Waals surface area contributed by atoms with Crippen LogP contribution >= 0.6 is 0 Å². The predicted molar refractivity (Wildman–Crippen MR) is 130 cm³/mol. The second kappa shape index (κ2) is 19.1. The molecule has 0 aromatic rings. The van der Waals surface area contributed by atoms with Crippen molar-refractivity contribution in [1.82, 2.24) is 5.32 Å². The van der Waals surface area contributed by atoms with Crippen LogP contribution in [0.3, 0.4) is 0 Å². The molecule has 0 aromatic heterocycles. The molecule has 0 aliphatic heterocycles. The Bertz CT molecular complexity index is 518. The van der Waals surface area contributed by atoms with Crippen LogP contribution in [-0.4, -0.2) is 42.0 Å². The lowest BCUT2D eigenvalue weighted by molar-refractivity contribution is -0.173. The number of allylic oxidation sites excluding steroid dienone is 1. The van der Waals surface area contributed by atoms with E-state index in [0.29, 0.717) is 12.8 Å². The number of aliphatic hydroxyl groups excluding tert-OH is 1. The van der Waals surface area contributed by atoms with Gasteiger partial charge in [0.25, 0.3) is 0 Å². The number of hydrogen-bond donors (Lipinski definition) is 2. The Kier molecular flexibility index (Phi) is 18.3. The Labute approximate surface area is 196 Å². The maximum absolute atomic E-state index is 12.1. The fourth-order valence-corrected chi connectivity index (χ4v) is 3.19. The molecule has 188 valence electrons. The highest BCUT2D eigenvalue weighted by molar-refractivity contribution is 5.80. The van der Waals surface area contributed by atoms with Crippen molar-refractivity contribution < 1.29 is 24.2 Å². The summed E-state index contributed by atoms with van der Waals surface area (Å²) >= 11 is 0. The molecule has 2 N–H and O–H groups in total. The summed E-state index contributed by atoms with van der Waals surface area (Å²) in [5, 5.41) is 12.7. The van der Waals surface area contributed by atoms with Gasteiger partial charge in [0, 0.05) is 20.0 Å². The van der Waals surface area contributed by atoms with Crippen molar-refractivity contribution in [1.29, 1.82) is 0 Å². The van der Waals surface area contributed by atoms with Crippen molar-refractivity contribution >= 4 is 11.9 Å². The average Bonchev–Trinajstić information content (AvgIpc) is 2.77. The van der Waals surface area contributed by atoms with Gasteiger partial charge in [0.1, 0.15) is 0 Å². The lowest BCUT2D eigenvalue weighted by Crippen LogP contribution is -2.44. The number of nitrogens with one attached hydrogen (secondary N) is 1. The van der Waals surface area contributed by atoms with Gasteiger partial charge >= 0.3 is 5.97 Å². The summed E-state index contributed by atoms with van der Waals surface area (Å²) in [4.78, 5) is 24.2. The highest BCUT2D eigenvalue weighted by Crippen LogP contribution is 2.13. The van der Waals surface area contributed by atoms with Crippen LogP contribution in [0.15, 0.2) is 12.2 Å². The zero-order valence-corrected chi connectivity index (χ0v) is 21.3. The number of hydrogen-bond acceptors (Lipinski definition) is 5. The lowest BCUT2D eigenvalue weighted by Gasteiger charge is -2.25. The van der Waals surface area contributed by atoms with Gasteiger partial charge in [-0.25, -0.2) is 4.79 Å². The molecule has 32 heavy (non-hydrogen) atoms. The van der Waals surface area contributed by atoms with Crippen molar-refractivity contribution in [3.8, 4) is 0 Å². The summed E-state index contributed by atoms with van der Waals surface area (Å²) in [6.45, 7) is 7.34. The Morgan fingerprint density at radius 3 is 2.28 bits per heavy atom. The van der Waals surface area contributed by atoms with Gasteiger partial charge in [-0.05, 0) is 46.0 Å². The molecule has 0 aromatic carbocycles. The number of carbonyl (C=O) groups is 2. The third kappa shape index (κ3) is 16.3. The molecule has 0 radical (unpaired) electrons. The molecule has 0 aliphatic rings. The standard InChI is InChI=1S/C26H49NO5/c1-6-8-9-16-19-22(28)20-17-14-12-10-11-13-15-18-21-23(29)27-24(7-2)32-25(30)26(3,4)31-5/h14,17,22,24,28H,6-13,15-16,18-21H2,1-5H3,(H,27,29)/b17-14-/t22-,24?/m1/s1. The van der Waals surface area contributed by atoms with Crippen LogP contribution in [0, 0.1) is 0 Å². The predicted octanol–water partition coefficient (Wildman–Crippen LogP) is 5.82. The maximum atomic E-state index is 12.1. The third-order valence-electron chi connectivity index (χ3n) is 5.68. The molecule has 1 unspecified atom stereocenters. The zero-order valence-electron chi connectivity index (χ0n) is 21.3. The quantitative estimate of drug-likeness (QED) is 0.105. The molecule has 0 rings (SSSR count). The highest BCUT2D eigenvalue weighted by atomic mass is 16.6. The minimum Gasteiger partial charge on any atom is -0.440 e. The van der Waals surface area contributed by atoms with Gasteiger partial charge in [-0.3, -0.25) is 4.79 Å². The van der Waals surface area contributed by atoms with Gasteiger partial charge < -0.3 is 19.9 Å². The van der Waals surface area contributed by atoms with Crippen molar-refractivity contribution in [2.75, 3.05) is 7.11 Å². The Morgan fingerprint density at radius 2 is 1.62 bits per heavy atom. The first kappa shape index (κ1) is 30.6. The van der Waals surface area contributed by atoms with E-state index in [4.69, 9.17) is 9.47 Å². The summed E-state index contributed by atoms with van der Waals surface area (Å²) in [5.74, 6) is -0.571. The van der Waals surface area contributed by atoms with Crippen LogP contribution < -0.4 is 5.32 Å². The number of amides is 1. The first-order chi connectivity index (χ1) is 15.3. The van der Waals surface area contributed by atoms with Crippen LogP contribution in [0.5, 0.6) is 0 Å². The number of rotatable bonds is 20. The lowest BCUT2D eigenvalue weighted by atomic mass is 10.1. The molecule has 2 atom stereocenters. The minimum absolute atomic E-state index is 0.0870. The summed E-state index contributed by atoms with van der Waals surface area (Å²) < 4.78 is 10.5. The molecule has 6 nitrogen and oxygen atoms in total. The monoisotopic (exact) mass is 455 g/mol. The fraction of sp³-hybridized carbons (Fsp3) is 0.846. The van der Waals surface area contributed by atoms with Crippen LogP contribution in [-0.2, 0) is 19.1 Å². The largest absolute Gasteiger partial charge is 0.440 e. The van der Waals surface area contributed by atoms with E-state index >= 15 is 0 Å². The molecule has 0 aliphatic carbocycles. The highest BCUT2D eigenvalue weighted by Gasteiger charge is 2.31. The summed E-state index contributed by atoms with van der Waals surface area (Å²) in [5.41, 5.74) is -1.03. The molecule has 0 bridgehead atoms. The van der Waals surface area contributed by atoms with Gasteiger partial charge in [0.05, 0.1) is 6.10 Å². The zero-order chi connectivity index (χ0) is 24.2. The third-order valence-corrected chi connectivity index (χ3v) is 5.68. The van der Waals surface area contributed by atoms with Gasteiger partial charge in [0.2, 0.25) is 5.91 Å². The van der Waals surface area contributed by atoms with E-state index in [1.54, 1.807) is 13.8 Å². The summed E-state index contributed by atoms with van der Waals surface area (Å²) in [7, 11) is 1.46. The van der Waals surface area contributed by atoms with Crippen LogP contribution in [0.4, 0.5) is 0 Å². The number of aliphatic hydroxyl groups is 1. The van der Waals surface area contributed by atoms with Gasteiger partial charge in [-0.15, -0.1) is 0 Å². The summed E-state index contributed by atoms with van der Waals surface area (Å²) in [6.07, 6.45) is 17.2. The number of ether oxygens (including phenoxy) is 2. The van der Waals surface area contributed by atoms with E-state index in [0.717, 1.165) is 57.8 Å². The SMILES string of the molecule is CCCCCC[C@@H](O)C/C=C\CCCCCCCC(=O)NC(CC)OC(=O)C(C)(C)OC. The maximum Gasteiger partial charge on any atom is 0.339 e. The molecule has 0 heterocycles. The first-order valence-electron chi connectivity index (χ1n) is 12.6. The molecular formula is C26H49NO5. The minimum atomic E-state index is -1.03. The van der Waals surface area contributed by atoms with Gasteiger partial charge in [-0.2, -0.15) is 0 Å². The molecule has 0 fully saturated rings. The van der Waals surface area contributed by atoms with Crippen LogP contribution in [0.25, 0.3) is 0 Å². The second-order valence-corrected chi connectivity index (χ2v) is 9.10. The molecule has 1 amide bonds. The molecule has 6 heteroatoms. The number of methoxy groups -OCH3 is 1. The topological polar surface area (TPSA) is 84.9 Å². The van der Waals surface area contributed by atoms with Crippen LogP contribution in [0.1, 0.15) is 118 Å². The van der Waals surface area contributed by atoms with Crippen molar-refractivity contribution in [2.24, 2.45) is 0 Å². The summed E-state index contributed by atoms with van der Waals surface area (Å²) in [6, 6.07) is 0. The Morgan fingerprint density at radius 1 is 0.969 bits per heavy atom.